The number of carboxylic acid groups (broad SMARTS) is 1. The Morgan fingerprint density at radius 1 is 1.38 bits per heavy atom. The molecule has 3 nitrogen and oxygen atoms in total. The minimum atomic E-state index is -0.693. The molecule has 1 aliphatic carbocycles. The number of carboxylic acids is 1. The zero-order chi connectivity index (χ0) is 9.42. The van der Waals surface area contributed by atoms with Crippen LogP contribution in [0.15, 0.2) is 24.3 Å². The molecule has 2 rings (SSSR count). The Balaban J connectivity index is 2.12. The molecule has 13 heavy (non-hydrogen) atoms. The van der Waals surface area contributed by atoms with Gasteiger partial charge in [-0.15, -0.1) is 0 Å². The van der Waals surface area contributed by atoms with Crippen molar-refractivity contribution >= 4 is 11.7 Å². The fourth-order valence-corrected chi connectivity index (χ4v) is 1.58. The van der Waals surface area contributed by atoms with Crippen molar-refractivity contribution in [3.63, 3.8) is 0 Å². The van der Waals surface area contributed by atoms with E-state index in [4.69, 9.17) is 10.8 Å². The highest BCUT2D eigenvalue weighted by molar-refractivity contribution is 5.75. The van der Waals surface area contributed by atoms with Gasteiger partial charge in [0.05, 0.1) is 5.92 Å². The van der Waals surface area contributed by atoms with Crippen LogP contribution in [-0.4, -0.2) is 11.1 Å². The van der Waals surface area contributed by atoms with E-state index in [0.717, 1.165) is 17.7 Å². The summed E-state index contributed by atoms with van der Waals surface area (Å²) in [6.45, 7) is 0. The van der Waals surface area contributed by atoms with Crippen LogP contribution in [-0.2, 0) is 4.79 Å². The first-order chi connectivity index (χ1) is 6.18. The van der Waals surface area contributed by atoms with Crippen molar-refractivity contribution in [3.05, 3.63) is 29.8 Å². The molecule has 1 aliphatic rings. The van der Waals surface area contributed by atoms with Crippen molar-refractivity contribution in [1.29, 1.82) is 0 Å². The first-order valence-corrected chi connectivity index (χ1v) is 4.26. The van der Waals surface area contributed by atoms with E-state index in [1.54, 1.807) is 0 Å². The quantitative estimate of drug-likeness (QED) is 0.672. The molecule has 0 aliphatic heterocycles. The molecule has 2 atom stereocenters. The number of aliphatic carboxylic acids is 1. The SMILES string of the molecule is Nc1ccc([C@H]2C[C@H]2C(=O)O)cc1. The highest BCUT2D eigenvalue weighted by Crippen LogP contribution is 2.47. The van der Waals surface area contributed by atoms with Crippen LogP contribution < -0.4 is 5.73 Å². The Hall–Kier alpha value is -1.51. The van der Waals surface area contributed by atoms with Crippen LogP contribution in [0.1, 0.15) is 17.9 Å². The van der Waals surface area contributed by atoms with Gasteiger partial charge in [-0.3, -0.25) is 4.79 Å². The first-order valence-electron chi connectivity index (χ1n) is 4.26. The van der Waals surface area contributed by atoms with E-state index in [-0.39, 0.29) is 11.8 Å². The van der Waals surface area contributed by atoms with Crippen LogP contribution in [0.25, 0.3) is 0 Å². The van der Waals surface area contributed by atoms with E-state index in [9.17, 15) is 4.79 Å². The van der Waals surface area contributed by atoms with E-state index >= 15 is 0 Å². The molecule has 1 saturated carbocycles. The number of hydrogen-bond donors (Lipinski definition) is 2. The van der Waals surface area contributed by atoms with Crippen LogP contribution in [0.2, 0.25) is 0 Å². The first kappa shape index (κ1) is 8.10. The van der Waals surface area contributed by atoms with Crippen molar-refractivity contribution in [2.24, 2.45) is 5.92 Å². The van der Waals surface area contributed by atoms with Gasteiger partial charge in [0.25, 0.3) is 0 Å². The van der Waals surface area contributed by atoms with Gasteiger partial charge >= 0.3 is 5.97 Å². The van der Waals surface area contributed by atoms with Crippen molar-refractivity contribution in [3.8, 4) is 0 Å². The largest absolute Gasteiger partial charge is 0.481 e. The normalized spacial score (nSPS) is 25.5. The molecule has 0 spiro atoms. The fourth-order valence-electron chi connectivity index (χ4n) is 1.58. The number of rotatable bonds is 2. The van der Waals surface area contributed by atoms with Crippen molar-refractivity contribution in [2.75, 3.05) is 5.73 Å². The van der Waals surface area contributed by atoms with Crippen LogP contribution in [0.5, 0.6) is 0 Å². The Morgan fingerprint density at radius 3 is 2.46 bits per heavy atom. The summed E-state index contributed by atoms with van der Waals surface area (Å²) in [5.41, 5.74) is 7.33. The average Bonchev–Trinajstić information content (AvgIpc) is 2.85. The van der Waals surface area contributed by atoms with Gasteiger partial charge in [0.15, 0.2) is 0 Å². The third kappa shape index (κ3) is 1.49. The molecule has 0 heterocycles. The maximum absolute atomic E-state index is 10.6. The Bertz CT molecular complexity index is 331. The van der Waals surface area contributed by atoms with Crippen molar-refractivity contribution in [1.82, 2.24) is 0 Å². The van der Waals surface area contributed by atoms with Crippen LogP contribution in [0, 0.1) is 5.92 Å². The summed E-state index contributed by atoms with van der Waals surface area (Å²) < 4.78 is 0. The van der Waals surface area contributed by atoms with E-state index in [1.807, 2.05) is 24.3 Å². The standard InChI is InChI=1S/C10H11NO2/c11-7-3-1-6(2-4-7)8-5-9(8)10(12)13/h1-4,8-9H,5,11H2,(H,12,13)/t8-,9-/m1/s1. The summed E-state index contributed by atoms with van der Waals surface area (Å²) >= 11 is 0. The van der Waals surface area contributed by atoms with E-state index in [1.165, 1.54) is 0 Å². The Morgan fingerprint density at radius 2 is 2.00 bits per heavy atom. The number of nitrogen functional groups attached to an aromatic ring is 1. The summed E-state index contributed by atoms with van der Waals surface area (Å²) in [6, 6.07) is 7.44. The molecular weight excluding hydrogens is 166 g/mol. The molecular formula is C10H11NO2. The molecule has 1 fully saturated rings. The molecule has 3 heteroatoms. The molecule has 3 N–H and O–H groups in total. The van der Waals surface area contributed by atoms with Gasteiger partial charge in [-0.25, -0.2) is 0 Å². The topological polar surface area (TPSA) is 63.3 Å². The molecule has 0 radical (unpaired) electrons. The molecule has 0 aromatic heterocycles. The summed E-state index contributed by atoms with van der Waals surface area (Å²) in [4.78, 5) is 10.6. The van der Waals surface area contributed by atoms with Crippen LogP contribution in [0.4, 0.5) is 5.69 Å². The summed E-state index contributed by atoms with van der Waals surface area (Å²) in [5.74, 6) is -0.663. The summed E-state index contributed by atoms with van der Waals surface area (Å²) in [5, 5.41) is 8.71. The smallest absolute Gasteiger partial charge is 0.307 e. The predicted molar refractivity (Wildman–Crippen MR) is 49.3 cm³/mol. The van der Waals surface area contributed by atoms with Gasteiger partial charge in [0, 0.05) is 5.69 Å². The lowest BCUT2D eigenvalue weighted by atomic mass is 10.1. The molecule has 1 aromatic carbocycles. The monoisotopic (exact) mass is 177 g/mol. The highest BCUT2D eigenvalue weighted by atomic mass is 16.4. The number of nitrogens with two attached hydrogens (primary N) is 1. The van der Waals surface area contributed by atoms with Crippen LogP contribution in [0.3, 0.4) is 0 Å². The maximum atomic E-state index is 10.6. The van der Waals surface area contributed by atoms with E-state index in [0.29, 0.717) is 0 Å². The second-order valence-corrected chi connectivity index (χ2v) is 3.45. The van der Waals surface area contributed by atoms with Gasteiger partial charge in [-0.1, -0.05) is 12.1 Å². The second-order valence-electron chi connectivity index (χ2n) is 3.45. The van der Waals surface area contributed by atoms with Gasteiger partial charge in [-0.2, -0.15) is 0 Å². The van der Waals surface area contributed by atoms with Crippen molar-refractivity contribution < 1.29 is 9.90 Å². The minimum absolute atomic E-state index is 0.177. The second kappa shape index (κ2) is 2.76. The lowest BCUT2D eigenvalue weighted by Crippen LogP contribution is -1.98. The van der Waals surface area contributed by atoms with Gasteiger partial charge < -0.3 is 10.8 Å². The summed E-state index contributed by atoms with van der Waals surface area (Å²) in [7, 11) is 0. The molecule has 0 saturated heterocycles. The number of hydrogen-bond acceptors (Lipinski definition) is 2. The molecule has 0 unspecified atom stereocenters. The maximum Gasteiger partial charge on any atom is 0.307 e. The Kier molecular flexibility index (Phi) is 1.72. The molecule has 1 aromatic rings. The van der Waals surface area contributed by atoms with E-state index < -0.39 is 5.97 Å². The van der Waals surface area contributed by atoms with Gasteiger partial charge in [-0.05, 0) is 30.0 Å². The highest BCUT2D eigenvalue weighted by Gasteiger charge is 2.43. The number of anilines is 1. The van der Waals surface area contributed by atoms with E-state index in [2.05, 4.69) is 0 Å². The summed E-state index contributed by atoms with van der Waals surface area (Å²) in [6.07, 6.45) is 0.763. The third-order valence-electron chi connectivity index (χ3n) is 2.47. The van der Waals surface area contributed by atoms with Gasteiger partial charge in [0.1, 0.15) is 0 Å². The zero-order valence-corrected chi connectivity index (χ0v) is 7.10. The number of carbonyl (C=O) groups is 1. The lowest BCUT2D eigenvalue weighted by molar-refractivity contribution is -0.138. The predicted octanol–water partition coefficient (Wildman–Crippen LogP) is 1.46. The van der Waals surface area contributed by atoms with Gasteiger partial charge in [0.2, 0.25) is 0 Å². The number of benzene rings is 1. The minimum Gasteiger partial charge on any atom is -0.481 e. The molecule has 0 amide bonds. The molecule has 68 valence electrons. The lowest BCUT2D eigenvalue weighted by Gasteiger charge is -1.98. The molecule has 0 bridgehead atoms. The van der Waals surface area contributed by atoms with Crippen molar-refractivity contribution in [2.45, 2.75) is 12.3 Å². The van der Waals surface area contributed by atoms with Crippen LogP contribution >= 0.6 is 0 Å². The fraction of sp³-hybridized carbons (Fsp3) is 0.300. The average molecular weight is 177 g/mol. The third-order valence-corrected chi connectivity index (χ3v) is 2.47. The zero-order valence-electron chi connectivity index (χ0n) is 7.10. The Labute approximate surface area is 76.2 Å².